The second-order valence-electron chi connectivity index (χ2n) is 3.98. The molecule has 0 saturated carbocycles. The van der Waals surface area contributed by atoms with Gasteiger partial charge in [-0.25, -0.2) is 0 Å². The largest absolute Gasteiger partial charge is 0.346 e. The molecule has 0 aliphatic carbocycles. The van der Waals surface area contributed by atoms with E-state index < -0.39 is 6.04 Å². The van der Waals surface area contributed by atoms with Crippen molar-refractivity contribution in [3.8, 4) is 0 Å². The summed E-state index contributed by atoms with van der Waals surface area (Å²) >= 11 is 0. The Morgan fingerprint density at radius 3 is 2.29 bits per heavy atom. The second kappa shape index (κ2) is 6.84. The molecule has 0 fully saturated rings. The summed E-state index contributed by atoms with van der Waals surface area (Å²) in [5.74, 6) is 0.00313. The summed E-state index contributed by atoms with van der Waals surface area (Å²) in [5, 5.41) is 2.78. The highest BCUT2D eigenvalue weighted by atomic mass is 16.2. The van der Waals surface area contributed by atoms with Crippen molar-refractivity contribution in [2.75, 3.05) is 0 Å². The van der Waals surface area contributed by atoms with E-state index >= 15 is 0 Å². The Labute approximate surface area is 102 Å². The van der Waals surface area contributed by atoms with Gasteiger partial charge in [-0.2, -0.15) is 0 Å². The molecule has 1 rings (SSSR count). The SMILES string of the molecule is CCC(=O)N[C@H](Cc1ccccc1)C(=O)CC. The van der Waals surface area contributed by atoms with Crippen molar-refractivity contribution in [1.29, 1.82) is 0 Å². The van der Waals surface area contributed by atoms with E-state index in [1.54, 1.807) is 6.92 Å². The first-order valence-electron chi connectivity index (χ1n) is 6.03. The van der Waals surface area contributed by atoms with Crippen LogP contribution in [0.3, 0.4) is 0 Å². The number of hydrogen-bond acceptors (Lipinski definition) is 2. The van der Waals surface area contributed by atoms with Crippen LogP contribution in [-0.2, 0) is 16.0 Å². The van der Waals surface area contributed by atoms with Gasteiger partial charge in [0.25, 0.3) is 0 Å². The molecule has 3 heteroatoms. The zero-order chi connectivity index (χ0) is 12.7. The Balaban J connectivity index is 2.70. The minimum absolute atomic E-state index is 0.0762. The third kappa shape index (κ3) is 4.39. The monoisotopic (exact) mass is 233 g/mol. The maximum atomic E-state index is 11.8. The summed E-state index contributed by atoms with van der Waals surface area (Å²) in [7, 11) is 0. The van der Waals surface area contributed by atoms with Crippen molar-refractivity contribution in [2.24, 2.45) is 0 Å². The number of nitrogens with one attached hydrogen (secondary N) is 1. The molecule has 17 heavy (non-hydrogen) atoms. The van der Waals surface area contributed by atoms with Crippen LogP contribution in [0.15, 0.2) is 30.3 Å². The first-order chi connectivity index (χ1) is 8.17. The maximum Gasteiger partial charge on any atom is 0.220 e. The Bertz CT molecular complexity index is 373. The van der Waals surface area contributed by atoms with E-state index in [9.17, 15) is 9.59 Å². The van der Waals surface area contributed by atoms with Gasteiger partial charge in [-0.1, -0.05) is 44.2 Å². The Kier molecular flexibility index (Phi) is 5.40. The summed E-state index contributed by atoms with van der Waals surface area (Å²) in [6.07, 6.45) is 1.42. The number of carbonyl (C=O) groups is 2. The number of ketones is 1. The van der Waals surface area contributed by atoms with E-state index in [4.69, 9.17) is 0 Å². The molecule has 0 spiro atoms. The molecule has 0 aromatic heterocycles. The summed E-state index contributed by atoms with van der Waals surface area (Å²) in [5.41, 5.74) is 1.07. The number of carbonyl (C=O) groups excluding carboxylic acids is 2. The summed E-state index contributed by atoms with van der Waals surface area (Å²) < 4.78 is 0. The fraction of sp³-hybridized carbons (Fsp3) is 0.429. The fourth-order valence-electron chi connectivity index (χ4n) is 1.64. The highest BCUT2D eigenvalue weighted by Gasteiger charge is 2.18. The van der Waals surface area contributed by atoms with Crippen LogP contribution in [0.2, 0.25) is 0 Å². The van der Waals surface area contributed by atoms with Crippen molar-refractivity contribution in [3.63, 3.8) is 0 Å². The Morgan fingerprint density at radius 2 is 1.76 bits per heavy atom. The molecule has 0 heterocycles. The van der Waals surface area contributed by atoms with Crippen LogP contribution < -0.4 is 5.32 Å². The van der Waals surface area contributed by atoms with Gasteiger partial charge in [-0.15, -0.1) is 0 Å². The van der Waals surface area contributed by atoms with E-state index in [1.165, 1.54) is 0 Å². The van der Waals surface area contributed by atoms with E-state index in [1.807, 2.05) is 37.3 Å². The van der Waals surface area contributed by atoms with E-state index in [-0.39, 0.29) is 11.7 Å². The van der Waals surface area contributed by atoms with Gasteiger partial charge in [-0.3, -0.25) is 9.59 Å². The van der Waals surface area contributed by atoms with Crippen LogP contribution in [0.1, 0.15) is 32.3 Å². The topological polar surface area (TPSA) is 46.2 Å². The molecule has 1 amide bonds. The van der Waals surface area contributed by atoms with Gasteiger partial charge in [0.05, 0.1) is 6.04 Å². The predicted octanol–water partition coefficient (Wildman–Crippen LogP) is 2.10. The van der Waals surface area contributed by atoms with Crippen LogP contribution in [0.4, 0.5) is 0 Å². The third-order valence-corrected chi connectivity index (χ3v) is 2.68. The van der Waals surface area contributed by atoms with Gasteiger partial charge in [0.15, 0.2) is 5.78 Å². The van der Waals surface area contributed by atoms with Gasteiger partial charge in [-0.05, 0) is 12.0 Å². The third-order valence-electron chi connectivity index (χ3n) is 2.68. The van der Waals surface area contributed by atoms with Crippen molar-refractivity contribution in [2.45, 2.75) is 39.2 Å². The van der Waals surface area contributed by atoms with Gasteiger partial charge in [0, 0.05) is 12.8 Å². The van der Waals surface area contributed by atoms with Crippen LogP contribution in [0.25, 0.3) is 0 Å². The zero-order valence-corrected chi connectivity index (χ0v) is 10.4. The molecule has 0 aliphatic heterocycles. The number of benzene rings is 1. The van der Waals surface area contributed by atoms with Crippen molar-refractivity contribution >= 4 is 11.7 Å². The standard InChI is InChI=1S/C14H19NO2/c1-3-13(16)12(15-14(17)4-2)10-11-8-6-5-7-9-11/h5-9,12H,3-4,10H2,1-2H3,(H,15,17)/t12-/m1/s1. The number of hydrogen-bond donors (Lipinski definition) is 1. The minimum Gasteiger partial charge on any atom is -0.346 e. The van der Waals surface area contributed by atoms with Crippen molar-refractivity contribution in [1.82, 2.24) is 5.32 Å². The van der Waals surface area contributed by atoms with Gasteiger partial charge < -0.3 is 5.32 Å². The average molecular weight is 233 g/mol. The smallest absolute Gasteiger partial charge is 0.220 e. The number of Topliss-reactive ketones (excluding diaryl/α,β-unsaturated/α-hetero) is 1. The molecule has 0 radical (unpaired) electrons. The summed E-state index contributed by atoms with van der Waals surface area (Å²) in [4.78, 5) is 23.1. The molecular weight excluding hydrogens is 214 g/mol. The molecule has 1 aromatic rings. The molecule has 0 saturated heterocycles. The molecule has 1 aromatic carbocycles. The van der Waals surface area contributed by atoms with E-state index in [2.05, 4.69) is 5.32 Å². The lowest BCUT2D eigenvalue weighted by Gasteiger charge is -2.16. The highest BCUT2D eigenvalue weighted by molar-refractivity contribution is 5.89. The minimum atomic E-state index is -0.394. The molecule has 0 unspecified atom stereocenters. The molecule has 92 valence electrons. The van der Waals surface area contributed by atoms with Crippen LogP contribution in [0, 0.1) is 0 Å². The van der Waals surface area contributed by atoms with Crippen molar-refractivity contribution in [3.05, 3.63) is 35.9 Å². The number of amides is 1. The zero-order valence-electron chi connectivity index (χ0n) is 10.4. The van der Waals surface area contributed by atoms with Gasteiger partial charge in [0.1, 0.15) is 0 Å². The predicted molar refractivity (Wildman–Crippen MR) is 67.7 cm³/mol. The van der Waals surface area contributed by atoms with Gasteiger partial charge >= 0.3 is 0 Å². The average Bonchev–Trinajstić information content (AvgIpc) is 2.38. The maximum absolute atomic E-state index is 11.8. The normalized spacial score (nSPS) is 11.9. The van der Waals surface area contributed by atoms with E-state index in [0.29, 0.717) is 19.3 Å². The van der Waals surface area contributed by atoms with E-state index in [0.717, 1.165) is 5.56 Å². The molecule has 0 aliphatic rings. The first kappa shape index (κ1) is 13.4. The van der Waals surface area contributed by atoms with Crippen LogP contribution in [-0.4, -0.2) is 17.7 Å². The fourth-order valence-corrected chi connectivity index (χ4v) is 1.64. The molecule has 0 bridgehead atoms. The van der Waals surface area contributed by atoms with Crippen LogP contribution in [0.5, 0.6) is 0 Å². The van der Waals surface area contributed by atoms with Crippen molar-refractivity contribution < 1.29 is 9.59 Å². The molecule has 3 nitrogen and oxygen atoms in total. The highest BCUT2D eigenvalue weighted by Crippen LogP contribution is 2.05. The molecule has 1 N–H and O–H groups in total. The lowest BCUT2D eigenvalue weighted by atomic mass is 10.0. The lowest BCUT2D eigenvalue weighted by Crippen LogP contribution is -2.41. The Hall–Kier alpha value is -1.64. The Morgan fingerprint density at radius 1 is 1.12 bits per heavy atom. The quantitative estimate of drug-likeness (QED) is 0.818. The van der Waals surface area contributed by atoms with Crippen LogP contribution >= 0.6 is 0 Å². The summed E-state index contributed by atoms with van der Waals surface area (Å²) in [6.45, 7) is 3.60. The first-order valence-corrected chi connectivity index (χ1v) is 6.03. The molecular formula is C14H19NO2. The molecule has 1 atom stereocenters. The summed E-state index contributed by atoms with van der Waals surface area (Å²) in [6, 6.07) is 9.34. The second-order valence-corrected chi connectivity index (χ2v) is 3.98. The number of rotatable bonds is 6. The van der Waals surface area contributed by atoms with Gasteiger partial charge in [0.2, 0.25) is 5.91 Å². The lowest BCUT2D eigenvalue weighted by molar-refractivity contribution is -0.127.